The number of aromatic nitrogens is 2. The molecule has 3 rings (SSSR count). The van der Waals surface area contributed by atoms with Gasteiger partial charge in [0.25, 0.3) is 0 Å². The van der Waals surface area contributed by atoms with E-state index in [2.05, 4.69) is 46.6 Å². The highest BCUT2D eigenvalue weighted by Crippen LogP contribution is 2.46. The molecular weight excluding hydrogens is 424 g/mol. The lowest BCUT2D eigenvalue weighted by Crippen LogP contribution is -2.49. The Balaban J connectivity index is 1.64. The number of nitrogens with zero attached hydrogens (tertiary/aromatic N) is 3. The molecule has 1 aromatic rings. The molecule has 2 heterocycles. The molecule has 3 N–H and O–H groups in total. The molecule has 0 bridgehead atoms. The molecule has 1 fully saturated rings. The second-order valence-electron chi connectivity index (χ2n) is 11.4. The molecular formula is C23H36N6O4. The van der Waals surface area contributed by atoms with Crippen LogP contribution in [0.25, 0.3) is 0 Å². The second kappa shape index (κ2) is 9.17. The Labute approximate surface area is 194 Å². The first-order valence-corrected chi connectivity index (χ1v) is 11.4. The third kappa shape index (κ3) is 6.57. The van der Waals surface area contributed by atoms with Gasteiger partial charge in [0.1, 0.15) is 5.60 Å². The Morgan fingerprint density at radius 1 is 1.30 bits per heavy atom. The fourth-order valence-electron chi connectivity index (χ4n) is 5.29. The fraction of sp³-hybridized carbons (Fsp3) is 0.739. The maximum absolute atomic E-state index is 12.8. The topological polar surface area (TPSA) is 129 Å². The molecule has 3 amide bonds. The van der Waals surface area contributed by atoms with E-state index < -0.39 is 5.60 Å². The zero-order chi connectivity index (χ0) is 24.4. The van der Waals surface area contributed by atoms with E-state index in [-0.39, 0.29) is 29.0 Å². The van der Waals surface area contributed by atoms with Crippen molar-refractivity contribution >= 4 is 24.0 Å². The van der Waals surface area contributed by atoms with Gasteiger partial charge in [0, 0.05) is 30.3 Å². The second-order valence-corrected chi connectivity index (χ2v) is 11.4. The number of urea groups is 1. The van der Waals surface area contributed by atoms with Gasteiger partial charge >= 0.3 is 12.1 Å². The van der Waals surface area contributed by atoms with Gasteiger partial charge in [0.15, 0.2) is 5.82 Å². The number of H-pyrrole nitrogens is 1. The Kier molecular flexibility index (Phi) is 6.88. The van der Waals surface area contributed by atoms with Crippen LogP contribution in [0.4, 0.5) is 15.4 Å². The number of nitrogens with one attached hydrogen (secondary N) is 3. The van der Waals surface area contributed by atoms with E-state index in [1.165, 1.54) is 0 Å². The minimum absolute atomic E-state index is 0.00275. The number of hydrogen-bond donors (Lipinski definition) is 3. The highest BCUT2D eigenvalue weighted by Gasteiger charge is 2.42. The van der Waals surface area contributed by atoms with E-state index in [0.29, 0.717) is 31.9 Å². The van der Waals surface area contributed by atoms with Crippen molar-refractivity contribution < 1.29 is 19.1 Å². The van der Waals surface area contributed by atoms with Crippen LogP contribution in [0.1, 0.15) is 72.1 Å². The van der Waals surface area contributed by atoms with Crippen LogP contribution < -0.4 is 10.6 Å². The summed E-state index contributed by atoms with van der Waals surface area (Å²) in [6, 6.07) is -0.406. The highest BCUT2D eigenvalue weighted by atomic mass is 16.6. The molecule has 1 aliphatic heterocycles. The van der Waals surface area contributed by atoms with Crippen LogP contribution in [0.5, 0.6) is 0 Å². The summed E-state index contributed by atoms with van der Waals surface area (Å²) < 4.78 is 5.48. The zero-order valence-corrected chi connectivity index (χ0v) is 20.5. The quantitative estimate of drug-likeness (QED) is 0.466. The number of rotatable bonds is 4. The van der Waals surface area contributed by atoms with Crippen molar-refractivity contribution in [2.24, 2.45) is 15.8 Å². The number of aliphatic imine (C=N–C) groups is 1. The number of amides is 3. The van der Waals surface area contributed by atoms with E-state index in [0.717, 1.165) is 30.5 Å². The molecule has 1 saturated carbocycles. The minimum atomic E-state index is -0.575. The SMILES string of the molecule is CC1(C)CC(NC(=O)Nc2n[nH]c3c2CN(C(=O)OC(C)(C)C)CC3)CC(C)(CN=C=O)C1. The first kappa shape index (κ1) is 24.8. The Morgan fingerprint density at radius 3 is 2.70 bits per heavy atom. The van der Waals surface area contributed by atoms with Crippen LogP contribution >= 0.6 is 0 Å². The van der Waals surface area contributed by atoms with E-state index in [1.54, 1.807) is 11.0 Å². The monoisotopic (exact) mass is 460 g/mol. The van der Waals surface area contributed by atoms with Crippen LogP contribution in [-0.2, 0) is 22.5 Å². The van der Waals surface area contributed by atoms with E-state index >= 15 is 0 Å². The lowest BCUT2D eigenvalue weighted by atomic mass is 9.62. The van der Waals surface area contributed by atoms with Crippen molar-refractivity contribution in [3.05, 3.63) is 11.3 Å². The number of ether oxygens (including phenoxy) is 1. The van der Waals surface area contributed by atoms with Gasteiger partial charge in [-0.2, -0.15) is 5.10 Å². The van der Waals surface area contributed by atoms with Crippen LogP contribution in [0.3, 0.4) is 0 Å². The fourth-order valence-corrected chi connectivity index (χ4v) is 5.29. The normalized spacial score (nSPS) is 24.3. The van der Waals surface area contributed by atoms with Gasteiger partial charge in [-0.05, 0) is 50.9 Å². The third-order valence-corrected chi connectivity index (χ3v) is 6.12. The predicted octanol–water partition coefficient (Wildman–Crippen LogP) is 3.75. The molecule has 0 aromatic carbocycles. The Bertz CT molecular complexity index is 943. The van der Waals surface area contributed by atoms with Crippen LogP contribution in [0.2, 0.25) is 0 Å². The number of fused-ring (bicyclic) bond motifs is 1. The minimum Gasteiger partial charge on any atom is -0.444 e. The zero-order valence-electron chi connectivity index (χ0n) is 20.5. The first-order valence-electron chi connectivity index (χ1n) is 11.4. The van der Waals surface area contributed by atoms with Gasteiger partial charge in [-0.3, -0.25) is 10.4 Å². The van der Waals surface area contributed by atoms with Crippen molar-refractivity contribution in [3.63, 3.8) is 0 Å². The third-order valence-electron chi connectivity index (χ3n) is 6.12. The predicted molar refractivity (Wildman–Crippen MR) is 124 cm³/mol. The largest absolute Gasteiger partial charge is 0.444 e. The average Bonchev–Trinajstić information content (AvgIpc) is 3.05. The van der Waals surface area contributed by atoms with Crippen molar-refractivity contribution in [2.75, 3.05) is 18.4 Å². The standard InChI is InChI=1S/C23H36N6O4/c1-21(2,3)33-20(32)29-8-7-17-16(11-29)18(28-27-17)26-19(31)25-15-9-22(4,5)12-23(6,10-15)13-24-14-30/h15H,7-13H2,1-6H3,(H3,25,26,27,28,31). The summed E-state index contributed by atoms with van der Waals surface area (Å²) in [5.74, 6) is 0.416. The summed E-state index contributed by atoms with van der Waals surface area (Å²) >= 11 is 0. The summed E-state index contributed by atoms with van der Waals surface area (Å²) in [6.45, 7) is 13.1. The van der Waals surface area contributed by atoms with E-state index in [9.17, 15) is 14.4 Å². The van der Waals surface area contributed by atoms with Gasteiger partial charge < -0.3 is 15.0 Å². The lowest BCUT2D eigenvalue weighted by Gasteiger charge is -2.46. The number of isocyanates is 1. The maximum atomic E-state index is 12.8. The highest BCUT2D eigenvalue weighted by molar-refractivity contribution is 5.89. The molecule has 10 heteroatoms. The summed E-state index contributed by atoms with van der Waals surface area (Å²) in [4.78, 5) is 41.4. The molecule has 182 valence electrons. The molecule has 10 nitrogen and oxygen atoms in total. The summed E-state index contributed by atoms with van der Waals surface area (Å²) in [5.41, 5.74) is 0.937. The van der Waals surface area contributed by atoms with Crippen molar-refractivity contribution in [3.8, 4) is 0 Å². The van der Waals surface area contributed by atoms with Gasteiger partial charge in [-0.1, -0.05) is 20.8 Å². The Morgan fingerprint density at radius 2 is 2.03 bits per heavy atom. The molecule has 0 radical (unpaired) electrons. The molecule has 2 unspecified atom stereocenters. The molecule has 0 spiro atoms. The molecule has 33 heavy (non-hydrogen) atoms. The van der Waals surface area contributed by atoms with Crippen LogP contribution in [0, 0.1) is 10.8 Å². The van der Waals surface area contributed by atoms with Gasteiger partial charge in [0.05, 0.1) is 13.1 Å². The van der Waals surface area contributed by atoms with Gasteiger partial charge in [-0.25, -0.2) is 19.4 Å². The first-order chi connectivity index (χ1) is 15.3. The number of carbonyl (C=O) groups is 2. The van der Waals surface area contributed by atoms with Crippen molar-refractivity contribution in [1.82, 2.24) is 20.4 Å². The number of carbonyl (C=O) groups excluding carboxylic acids is 3. The van der Waals surface area contributed by atoms with Crippen molar-refractivity contribution in [2.45, 2.75) is 85.4 Å². The van der Waals surface area contributed by atoms with E-state index in [4.69, 9.17) is 4.74 Å². The summed E-state index contributed by atoms with van der Waals surface area (Å²) in [6.07, 6.45) is 4.32. The van der Waals surface area contributed by atoms with E-state index in [1.807, 2.05) is 20.8 Å². The lowest BCUT2D eigenvalue weighted by molar-refractivity contribution is 0.0224. The Hall–Kier alpha value is -2.87. The summed E-state index contributed by atoms with van der Waals surface area (Å²) in [7, 11) is 0. The number of hydrogen-bond acceptors (Lipinski definition) is 6. The molecule has 2 atom stereocenters. The molecule has 1 aromatic heterocycles. The molecule has 1 aliphatic carbocycles. The van der Waals surface area contributed by atoms with Gasteiger partial charge in [0.2, 0.25) is 6.08 Å². The van der Waals surface area contributed by atoms with Crippen LogP contribution in [0.15, 0.2) is 4.99 Å². The van der Waals surface area contributed by atoms with Crippen molar-refractivity contribution in [1.29, 1.82) is 0 Å². The smallest absolute Gasteiger partial charge is 0.410 e. The number of aromatic amines is 1. The maximum Gasteiger partial charge on any atom is 0.410 e. The molecule has 2 aliphatic rings. The van der Waals surface area contributed by atoms with Gasteiger partial charge in [-0.15, -0.1) is 0 Å². The molecule has 0 saturated heterocycles. The number of anilines is 1. The summed E-state index contributed by atoms with van der Waals surface area (Å²) in [5, 5.41) is 13.1. The average molecular weight is 461 g/mol. The van der Waals surface area contributed by atoms with Crippen LogP contribution in [-0.4, -0.2) is 58.0 Å².